The van der Waals surface area contributed by atoms with Gasteiger partial charge in [-0.3, -0.25) is 9.59 Å². The summed E-state index contributed by atoms with van der Waals surface area (Å²) in [7, 11) is 0. The summed E-state index contributed by atoms with van der Waals surface area (Å²) in [6, 6.07) is 20.5. The van der Waals surface area contributed by atoms with Gasteiger partial charge in [0, 0.05) is 42.2 Å². The highest BCUT2D eigenvalue weighted by Gasteiger charge is 2.28. The standard InChI is InChI=1S/C27H25N3O3/c31-26(25-11-6-16-33-25)29-24(17-19-7-2-1-3-8-19)27(32)30-14-12-20(13-15-30)22-18-28-23-10-5-4-9-21(22)23/h1-12,16,18,24,28H,13-15,17H2,(H,29,31)/t24-/m1/s1. The summed E-state index contributed by atoms with van der Waals surface area (Å²) in [4.78, 5) is 31.2. The fourth-order valence-electron chi connectivity index (χ4n) is 4.36. The van der Waals surface area contributed by atoms with Gasteiger partial charge in [-0.05, 0) is 35.8 Å². The highest BCUT2D eigenvalue weighted by atomic mass is 16.3. The van der Waals surface area contributed by atoms with Gasteiger partial charge in [-0.1, -0.05) is 54.6 Å². The zero-order chi connectivity index (χ0) is 22.6. The zero-order valence-corrected chi connectivity index (χ0v) is 18.2. The van der Waals surface area contributed by atoms with Gasteiger partial charge in [-0.25, -0.2) is 0 Å². The largest absolute Gasteiger partial charge is 0.459 e. The predicted molar refractivity (Wildman–Crippen MR) is 128 cm³/mol. The number of carbonyl (C=O) groups excluding carboxylic acids is 2. The van der Waals surface area contributed by atoms with Crippen LogP contribution in [0, 0.1) is 0 Å². The molecule has 6 nitrogen and oxygen atoms in total. The maximum Gasteiger partial charge on any atom is 0.287 e. The number of hydrogen-bond donors (Lipinski definition) is 2. The van der Waals surface area contributed by atoms with Crippen LogP contribution >= 0.6 is 0 Å². The summed E-state index contributed by atoms with van der Waals surface area (Å²) < 4.78 is 5.21. The lowest BCUT2D eigenvalue weighted by Crippen LogP contribution is -2.50. The van der Waals surface area contributed by atoms with Crippen LogP contribution in [-0.2, 0) is 11.2 Å². The number of H-pyrrole nitrogens is 1. The Labute approximate surface area is 191 Å². The van der Waals surface area contributed by atoms with Gasteiger partial charge in [-0.15, -0.1) is 0 Å². The van der Waals surface area contributed by atoms with Crippen molar-refractivity contribution in [2.45, 2.75) is 18.9 Å². The summed E-state index contributed by atoms with van der Waals surface area (Å²) in [5, 5.41) is 4.07. The summed E-state index contributed by atoms with van der Waals surface area (Å²) in [5.74, 6) is -0.282. The molecule has 0 aliphatic carbocycles. The van der Waals surface area contributed by atoms with Crippen molar-refractivity contribution in [3.8, 4) is 0 Å². The number of nitrogens with one attached hydrogen (secondary N) is 2. The Bertz CT molecular complexity index is 1290. The van der Waals surface area contributed by atoms with Gasteiger partial charge in [0.05, 0.1) is 6.26 Å². The lowest BCUT2D eigenvalue weighted by atomic mass is 9.98. The van der Waals surface area contributed by atoms with Crippen molar-refractivity contribution >= 4 is 28.3 Å². The van der Waals surface area contributed by atoms with Crippen LogP contribution in [-0.4, -0.2) is 40.8 Å². The molecule has 0 radical (unpaired) electrons. The van der Waals surface area contributed by atoms with Crippen LogP contribution in [0.2, 0.25) is 0 Å². The molecule has 1 aliphatic rings. The van der Waals surface area contributed by atoms with Crippen molar-refractivity contribution in [2.75, 3.05) is 13.1 Å². The van der Waals surface area contributed by atoms with E-state index in [9.17, 15) is 9.59 Å². The number of furan rings is 1. The quantitative estimate of drug-likeness (QED) is 0.467. The minimum Gasteiger partial charge on any atom is -0.459 e. The molecule has 166 valence electrons. The number of carbonyl (C=O) groups is 2. The molecule has 1 atom stereocenters. The topological polar surface area (TPSA) is 78.3 Å². The van der Waals surface area contributed by atoms with Crippen molar-refractivity contribution in [1.82, 2.24) is 15.2 Å². The highest BCUT2D eigenvalue weighted by molar-refractivity contribution is 5.96. The molecular weight excluding hydrogens is 414 g/mol. The van der Waals surface area contributed by atoms with E-state index in [1.54, 1.807) is 12.1 Å². The molecule has 1 aliphatic heterocycles. The third kappa shape index (κ3) is 4.46. The Morgan fingerprint density at radius 2 is 1.85 bits per heavy atom. The molecule has 4 aromatic rings. The molecule has 0 unspecified atom stereocenters. The van der Waals surface area contributed by atoms with Gasteiger partial charge >= 0.3 is 0 Å². The fourth-order valence-corrected chi connectivity index (χ4v) is 4.36. The Balaban J connectivity index is 1.33. The molecule has 2 aromatic carbocycles. The van der Waals surface area contributed by atoms with Gasteiger partial charge < -0.3 is 19.6 Å². The monoisotopic (exact) mass is 439 g/mol. The Hall–Kier alpha value is -4.06. The third-order valence-corrected chi connectivity index (χ3v) is 6.09. The minimum absolute atomic E-state index is 0.0898. The average Bonchev–Trinajstić information content (AvgIpc) is 3.55. The highest BCUT2D eigenvalue weighted by Crippen LogP contribution is 2.29. The van der Waals surface area contributed by atoms with Gasteiger partial charge in [-0.2, -0.15) is 0 Å². The van der Waals surface area contributed by atoms with Crippen LogP contribution in [0.3, 0.4) is 0 Å². The number of amides is 2. The van der Waals surface area contributed by atoms with E-state index in [1.807, 2.05) is 53.6 Å². The van der Waals surface area contributed by atoms with E-state index in [0.717, 1.165) is 17.5 Å². The second-order valence-electron chi connectivity index (χ2n) is 8.20. The third-order valence-electron chi connectivity index (χ3n) is 6.09. The lowest BCUT2D eigenvalue weighted by molar-refractivity contribution is -0.132. The molecule has 2 N–H and O–H groups in total. The molecule has 5 rings (SSSR count). The summed E-state index contributed by atoms with van der Waals surface area (Å²) >= 11 is 0. The smallest absolute Gasteiger partial charge is 0.287 e. The fraction of sp³-hybridized carbons (Fsp3) is 0.185. The number of nitrogens with zero attached hydrogens (tertiary/aromatic N) is 1. The first-order chi connectivity index (χ1) is 16.2. The van der Waals surface area contributed by atoms with Crippen molar-refractivity contribution in [1.29, 1.82) is 0 Å². The van der Waals surface area contributed by atoms with Crippen molar-refractivity contribution in [2.24, 2.45) is 0 Å². The molecule has 0 saturated heterocycles. The summed E-state index contributed by atoms with van der Waals surface area (Å²) in [6.45, 7) is 1.11. The first-order valence-corrected chi connectivity index (χ1v) is 11.1. The molecule has 33 heavy (non-hydrogen) atoms. The number of benzene rings is 2. The number of aromatic nitrogens is 1. The van der Waals surface area contributed by atoms with Crippen LogP contribution in [0.1, 0.15) is 28.1 Å². The van der Waals surface area contributed by atoms with E-state index in [1.165, 1.54) is 22.8 Å². The second-order valence-corrected chi connectivity index (χ2v) is 8.20. The lowest BCUT2D eigenvalue weighted by Gasteiger charge is -2.30. The van der Waals surface area contributed by atoms with Gasteiger partial charge in [0.2, 0.25) is 5.91 Å². The number of rotatable bonds is 6. The number of aromatic amines is 1. The van der Waals surface area contributed by atoms with Gasteiger partial charge in [0.1, 0.15) is 6.04 Å². The van der Waals surface area contributed by atoms with Crippen LogP contribution in [0.25, 0.3) is 16.5 Å². The molecular formula is C27H25N3O3. The van der Waals surface area contributed by atoms with Gasteiger partial charge in [0.25, 0.3) is 5.91 Å². The molecule has 0 fully saturated rings. The average molecular weight is 440 g/mol. The molecule has 3 heterocycles. The van der Waals surface area contributed by atoms with E-state index < -0.39 is 6.04 Å². The summed E-state index contributed by atoms with van der Waals surface area (Å²) in [5.41, 5.74) is 4.51. The molecule has 0 bridgehead atoms. The van der Waals surface area contributed by atoms with Crippen molar-refractivity contribution in [3.05, 3.63) is 102 Å². The molecule has 6 heteroatoms. The van der Waals surface area contributed by atoms with E-state index in [4.69, 9.17) is 4.42 Å². The van der Waals surface area contributed by atoms with Crippen LogP contribution in [0.15, 0.2) is 89.7 Å². The van der Waals surface area contributed by atoms with Crippen molar-refractivity contribution < 1.29 is 14.0 Å². The number of hydrogen-bond acceptors (Lipinski definition) is 3. The van der Waals surface area contributed by atoms with Crippen LogP contribution < -0.4 is 5.32 Å². The molecule has 2 aromatic heterocycles. The maximum absolute atomic E-state index is 13.5. The van der Waals surface area contributed by atoms with Gasteiger partial charge in [0.15, 0.2) is 5.76 Å². The summed E-state index contributed by atoms with van der Waals surface area (Å²) in [6.07, 6.45) is 6.78. The first-order valence-electron chi connectivity index (χ1n) is 11.1. The molecule has 2 amide bonds. The normalized spacial score (nSPS) is 14.7. The van der Waals surface area contributed by atoms with Crippen molar-refractivity contribution in [3.63, 3.8) is 0 Å². The number of para-hydroxylation sites is 1. The zero-order valence-electron chi connectivity index (χ0n) is 18.2. The first kappa shape index (κ1) is 20.8. The Morgan fingerprint density at radius 1 is 1.03 bits per heavy atom. The van der Waals surface area contributed by atoms with Crippen LogP contribution in [0.4, 0.5) is 0 Å². The van der Waals surface area contributed by atoms with E-state index in [-0.39, 0.29) is 17.6 Å². The molecule has 0 spiro atoms. The Morgan fingerprint density at radius 3 is 2.61 bits per heavy atom. The second kappa shape index (κ2) is 9.20. The van der Waals surface area contributed by atoms with E-state index in [0.29, 0.717) is 19.5 Å². The number of fused-ring (bicyclic) bond motifs is 1. The Kier molecular flexibility index (Phi) is 5.81. The molecule has 0 saturated carbocycles. The van der Waals surface area contributed by atoms with E-state index in [2.05, 4.69) is 28.5 Å². The van der Waals surface area contributed by atoms with E-state index >= 15 is 0 Å². The minimum atomic E-state index is -0.673. The maximum atomic E-state index is 13.5. The van der Waals surface area contributed by atoms with Crippen LogP contribution in [0.5, 0.6) is 0 Å². The SMILES string of the molecule is O=C(N[C@H](Cc1ccccc1)C(=O)N1CC=C(c2c[nH]c3ccccc23)CC1)c1ccco1. The predicted octanol–water partition coefficient (Wildman–Crippen LogP) is 4.42.